The fourth-order valence-electron chi connectivity index (χ4n) is 3.24. The SMILES string of the molecule is Cn1nc(Br)c2c(N3CCCC(c4nc(C(F)(F)F)cs4)C3)ncnc21. The molecule has 0 N–H and O–H groups in total. The van der Waals surface area contributed by atoms with Crippen molar-refractivity contribution in [3.63, 3.8) is 0 Å². The van der Waals surface area contributed by atoms with Crippen molar-refractivity contribution in [2.45, 2.75) is 24.9 Å². The molecule has 1 atom stereocenters. The van der Waals surface area contributed by atoms with Crippen molar-refractivity contribution in [1.29, 1.82) is 0 Å². The number of rotatable bonds is 2. The summed E-state index contributed by atoms with van der Waals surface area (Å²) in [6, 6.07) is 0. The normalized spacial score (nSPS) is 18.7. The number of aromatic nitrogens is 5. The van der Waals surface area contributed by atoms with E-state index in [4.69, 9.17) is 0 Å². The maximum absolute atomic E-state index is 12.8. The van der Waals surface area contributed by atoms with Gasteiger partial charge in [-0.2, -0.15) is 18.3 Å². The molecule has 1 aliphatic heterocycles. The lowest BCUT2D eigenvalue weighted by Gasteiger charge is -2.32. The number of aryl methyl sites for hydroxylation is 1. The van der Waals surface area contributed by atoms with Crippen molar-refractivity contribution in [1.82, 2.24) is 24.7 Å². The standard InChI is InChI=1S/C15H14BrF3N6S/c1-24-12-10(11(16)23-24)13(21-7-20-12)25-4-2-3-8(5-25)14-22-9(6-26-14)15(17,18)19/h6-8H,2-5H2,1H3. The highest BCUT2D eigenvalue weighted by Gasteiger charge is 2.35. The first-order chi connectivity index (χ1) is 12.3. The van der Waals surface area contributed by atoms with Crippen LogP contribution in [0.3, 0.4) is 0 Å². The van der Waals surface area contributed by atoms with Gasteiger partial charge in [0.05, 0.1) is 10.4 Å². The average Bonchev–Trinajstić information content (AvgIpc) is 3.21. The van der Waals surface area contributed by atoms with Crippen molar-refractivity contribution in [3.8, 4) is 0 Å². The van der Waals surface area contributed by atoms with Crippen LogP contribution in [-0.2, 0) is 13.2 Å². The van der Waals surface area contributed by atoms with Gasteiger partial charge in [0.15, 0.2) is 11.3 Å². The van der Waals surface area contributed by atoms with Gasteiger partial charge in [-0.15, -0.1) is 11.3 Å². The van der Waals surface area contributed by atoms with E-state index in [-0.39, 0.29) is 5.92 Å². The van der Waals surface area contributed by atoms with Gasteiger partial charge < -0.3 is 4.90 Å². The summed E-state index contributed by atoms with van der Waals surface area (Å²) in [5.41, 5.74) is -0.105. The predicted molar refractivity (Wildman–Crippen MR) is 95.3 cm³/mol. The number of anilines is 1. The highest BCUT2D eigenvalue weighted by atomic mass is 79.9. The first-order valence-electron chi connectivity index (χ1n) is 7.95. The zero-order chi connectivity index (χ0) is 18.5. The second kappa shape index (κ2) is 6.45. The summed E-state index contributed by atoms with van der Waals surface area (Å²) >= 11 is 4.52. The maximum atomic E-state index is 12.8. The molecule has 0 amide bonds. The fourth-order valence-corrected chi connectivity index (χ4v) is 4.79. The molecule has 6 nitrogen and oxygen atoms in total. The molecular formula is C15H14BrF3N6S. The van der Waals surface area contributed by atoms with Gasteiger partial charge in [-0.3, -0.25) is 0 Å². The lowest BCUT2D eigenvalue weighted by atomic mass is 9.98. The minimum absolute atomic E-state index is 0.0506. The highest BCUT2D eigenvalue weighted by Crippen LogP contribution is 2.37. The Morgan fingerprint density at radius 2 is 2.12 bits per heavy atom. The molecule has 3 aromatic rings. The monoisotopic (exact) mass is 446 g/mol. The molecule has 0 spiro atoms. The molecule has 0 aliphatic carbocycles. The molecule has 138 valence electrons. The molecular weight excluding hydrogens is 433 g/mol. The van der Waals surface area contributed by atoms with Crippen molar-refractivity contribution >= 4 is 44.1 Å². The van der Waals surface area contributed by atoms with E-state index in [1.807, 2.05) is 0 Å². The smallest absolute Gasteiger partial charge is 0.355 e. The Morgan fingerprint density at radius 1 is 1.31 bits per heavy atom. The third-order valence-electron chi connectivity index (χ3n) is 4.44. The van der Waals surface area contributed by atoms with E-state index in [1.54, 1.807) is 11.7 Å². The number of hydrogen-bond acceptors (Lipinski definition) is 6. The van der Waals surface area contributed by atoms with Gasteiger partial charge in [0.25, 0.3) is 0 Å². The van der Waals surface area contributed by atoms with E-state index in [1.165, 1.54) is 6.33 Å². The van der Waals surface area contributed by atoms with Crippen LogP contribution < -0.4 is 4.90 Å². The van der Waals surface area contributed by atoms with Crippen LogP contribution in [0.1, 0.15) is 29.5 Å². The summed E-state index contributed by atoms with van der Waals surface area (Å²) < 4.78 is 40.8. The summed E-state index contributed by atoms with van der Waals surface area (Å²) in [5.74, 6) is 0.692. The van der Waals surface area contributed by atoms with Crippen LogP contribution in [0.25, 0.3) is 11.0 Å². The van der Waals surface area contributed by atoms with Crippen molar-refractivity contribution in [2.75, 3.05) is 18.0 Å². The molecule has 1 saturated heterocycles. The van der Waals surface area contributed by atoms with Crippen LogP contribution in [-0.4, -0.2) is 37.8 Å². The number of nitrogens with zero attached hydrogens (tertiary/aromatic N) is 6. The van der Waals surface area contributed by atoms with Gasteiger partial charge >= 0.3 is 6.18 Å². The number of alkyl halides is 3. The van der Waals surface area contributed by atoms with Gasteiger partial charge in [0.2, 0.25) is 0 Å². The van der Waals surface area contributed by atoms with Gasteiger partial charge in [0.1, 0.15) is 16.7 Å². The Balaban J connectivity index is 1.65. The summed E-state index contributed by atoms with van der Waals surface area (Å²) in [5, 5.41) is 6.75. The minimum Gasteiger partial charge on any atom is -0.355 e. The Morgan fingerprint density at radius 3 is 2.85 bits per heavy atom. The van der Waals surface area contributed by atoms with Gasteiger partial charge in [-0.25, -0.2) is 19.6 Å². The summed E-state index contributed by atoms with van der Waals surface area (Å²) in [7, 11) is 1.80. The van der Waals surface area contributed by atoms with Crippen molar-refractivity contribution < 1.29 is 13.2 Å². The predicted octanol–water partition coefficient (Wildman–Crippen LogP) is 3.99. The molecule has 26 heavy (non-hydrogen) atoms. The third-order valence-corrected chi connectivity index (χ3v) is 6.00. The Hall–Kier alpha value is -1.75. The lowest BCUT2D eigenvalue weighted by Crippen LogP contribution is -2.35. The number of hydrogen-bond donors (Lipinski definition) is 0. The Labute approximate surface area is 159 Å². The van der Waals surface area contributed by atoms with Crippen LogP contribution in [0.5, 0.6) is 0 Å². The van der Waals surface area contributed by atoms with Crippen LogP contribution in [0.15, 0.2) is 16.3 Å². The second-order valence-electron chi connectivity index (χ2n) is 6.16. The largest absolute Gasteiger partial charge is 0.434 e. The molecule has 3 aromatic heterocycles. The second-order valence-corrected chi connectivity index (χ2v) is 7.81. The highest BCUT2D eigenvalue weighted by molar-refractivity contribution is 9.10. The van der Waals surface area contributed by atoms with Crippen LogP contribution in [0, 0.1) is 0 Å². The molecule has 4 heterocycles. The molecule has 0 radical (unpaired) electrons. The summed E-state index contributed by atoms with van der Waals surface area (Å²) in [6.07, 6.45) is -1.25. The molecule has 1 fully saturated rings. The lowest BCUT2D eigenvalue weighted by molar-refractivity contribution is -0.140. The molecule has 0 aromatic carbocycles. The number of thiazole rings is 1. The van der Waals surface area contributed by atoms with Gasteiger partial charge in [-0.05, 0) is 28.8 Å². The van der Waals surface area contributed by atoms with Crippen molar-refractivity contribution in [2.24, 2.45) is 7.05 Å². The zero-order valence-corrected chi connectivity index (χ0v) is 16.1. The Kier molecular flexibility index (Phi) is 4.38. The molecule has 4 rings (SSSR count). The molecule has 11 heteroatoms. The van der Waals surface area contributed by atoms with E-state index in [0.717, 1.165) is 47.3 Å². The number of piperidine rings is 1. The van der Waals surface area contributed by atoms with Crippen molar-refractivity contribution in [3.05, 3.63) is 27.0 Å². The third kappa shape index (κ3) is 3.07. The van der Waals surface area contributed by atoms with Crippen LogP contribution in [0.2, 0.25) is 0 Å². The van der Waals surface area contributed by atoms with E-state index in [2.05, 4.69) is 40.9 Å². The fraction of sp³-hybridized carbons (Fsp3) is 0.467. The van der Waals surface area contributed by atoms with Crippen LogP contribution in [0.4, 0.5) is 19.0 Å². The van der Waals surface area contributed by atoms with E-state index >= 15 is 0 Å². The first kappa shape index (κ1) is 17.7. The molecule has 1 aliphatic rings. The van der Waals surface area contributed by atoms with E-state index in [0.29, 0.717) is 21.8 Å². The molecule has 1 unspecified atom stereocenters. The molecule has 0 saturated carbocycles. The average molecular weight is 447 g/mol. The summed E-state index contributed by atoms with van der Waals surface area (Å²) in [6.45, 7) is 1.35. The maximum Gasteiger partial charge on any atom is 0.434 e. The Bertz CT molecular complexity index is 953. The van der Waals surface area contributed by atoms with Gasteiger partial charge in [-0.1, -0.05) is 0 Å². The van der Waals surface area contributed by atoms with Gasteiger partial charge in [0, 0.05) is 31.4 Å². The van der Waals surface area contributed by atoms with E-state index < -0.39 is 11.9 Å². The minimum atomic E-state index is -4.40. The number of fused-ring (bicyclic) bond motifs is 1. The van der Waals surface area contributed by atoms with E-state index in [9.17, 15) is 13.2 Å². The first-order valence-corrected chi connectivity index (χ1v) is 9.62. The number of halogens is 4. The quantitative estimate of drug-likeness (QED) is 0.595. The molecule has 0 bridgehead atoms. The summed E-state index contributed by atoms with van der Waals surface area (Å²) in [4.78, 5) is 14.6. The zero-order valence-electron chi connectivity index (χ0n) is 13.7. The topological polar surface area (TPSA) is 59.7 Å². The van der Waals surface area contributed by atoms with Crippen LogP contribution >= 0.6 is 27.3 Å².